The second-order valence-corrected chi connectivity index (χ2v) is 9.17. The number of rotatable bonds is 7. The highest BCUT2D eigenvalue weighted by Gasteiger charge is 2.35. The molecule has 1 aromatic heterocycles. The maximum atomic E-state index is 12.7. The minimum Gasteiger partial charge on any atom is -0.343 e. The summed E-state index contributed by atoms with van der Waals surface area (Å²) < 4.78 is 0. The molecule has 1 aliphatic heterocycles. The summed E-state index contributed by atoms with van der Waals surface area (Å²) in [6.45, 7) is 7.81. The Morgan fingerprint density at radius 2 is 1.60 bits per heavy atom. The molecule has 1 aliphatic rings. The van der Waals surface area contributed by atoms with Gasteiger partial charge in [-0.05, 0) is 30.5 Å². The Hall–Kier alpha value is -2.47. The number of carbonyl (C=O) groups is 1. The lowest BCUT2D eigenvalue weighted by molar-refractivity contribution is -1.03. The number of quaternary nitrogens is 2. The third-order valence-corrected chi connectivity index (χ3v) is 7.04. The lowest BCUT2D eigenvalue weighted by atomic mass is 10.0. The van der Waals surface area contributed by atoms with Crippen LogP contribution in [0.3, 0.4) is 0 Å². The zero-order chi connectivity index (χ0) is 20.8. The molecule has 156 valence electrons. The van der Waals surface area contributed by atoms with Crippen LogP contribution in [0.15, 0.2) is 78.2 Å². The third kappa shape index (κ3) is 5.17. The van der Waals surface area contributed by atoms with Crippen molar-refractivity contribution in [2.75, 3.05) is 26.2 Å². The lowest BCUT2D eigenvalue weighted by Crippen LogP contribution is -3.28. The van der Waals surface area contributed by atoms with Crippen molar-refractivity contribution in [1.29, 1.82) is 0 Å². The van der Waals surface area contributed by atoms with Crippen molar-refractivity contribution in [3.63, 3.8) is 0 Å². The van der Waals surface area contributed by atoms with Gasteiger partial charge in [0.05, 0.1) is 10.9 Å². The van der Waals surface area contributed by atoms with E-state index in [4.69, 9.17) is 0 Å². The molecule has 1 fully saturated rings. The SMILES string of the molecule is C[C@@H](NC(=O)c1ccccc1)[C@H](c1cccs1)[NH+]1CC[NH+](Cc2ccccc2)CC1. The van der Waals surface area contributed by atoms with Crippen molar-refractivity contribution < 1.29 is 14.6 Å². The van der Waals surface area contributed by atoms with Gasteiger partial charge in [-0.2, -0.15) is 0 Å². The summed E-state index contributed by atoms with van der Waals surface area (Å²) in [6, 6.07) is 25.0. The Morgan fingerprint density at radius 3 is 2.23 bits per heavy atom. The number of piperazine rings is 1. The molecular weight excluding hydrogens is 390 g/mol. The summed E-state index contributed by atoms with van der Waals surface area (Å²) in [7, 11) is 0. The van der Waals surface area contributed by atoms with Gasteiger partial charge in [-0.3, -0.25) is 4.79 Å². The number of carbonyl (C=O) groups excluding carboxylic acids is 1. The molecule has 0 bridgehead atoms. The van der Waals surface area contributed by atoms with E-state index in [9.17, 15) is 4.79 Å². The molecule has 30 heavy (non-hydrogen) atoms. The first kappa shape index (κ1) is 20.8. The molecule has 3 N–H and O–H groups in total. The van der Waals surface area contributed by atoms with Gasteiger partial charge in [0.1, 0.15) is 38.8 Å². The van der Waals surface area contributed by atoms with Gasteiger partial charge < -0.3 is 15.1 Å². The molecule has 0 saturated carbocycles. The monoisotopic (exact) mass is 421 g/mol. The number of nitrogens with one attached hydrogen (secondary N) is 3. The minimum absolute atomic E-state index is 0.0115. The van der Waals surface area contributed by atoms with E-state index >= 15 is 0 Å². The van der Waals surface area contributed by atoms with Gasteiger partial charge in [0.25, 0.3) is 5.91 Å². The fourth-order valence-electron chi connectivity index (χ4n) is 4.53. The number of thiophene rings is 1. The number of hydrogen-bond donors (Lipinski definition) is 3. The van der Waals surface area contributed by atoms with Crippen molar-refractivity contribution in [2.45, 2.75) is 25.6 Å². The van der Waals surface area contributed by atoms with Crippen molar-refractivity contribution in [3.8, 4) is 0 Å². The van der Waals surface area contributed by atoms with Crippen LogP contribution in [0.4, 0.5) is 0 Å². The first-order valence-electron chi connectivity index (χ1n) is 10.8. The van der Waals surface area contributed by atoms with Crippen LogP contribution in [-0.2, 0) is 6.54 Å². The summed E-state index contributed by atoms with van der Waals surface area (Å²) in [5, 5.41) is 5.42. The fourth-order valence-corrected chi connectivity index (χ4v) is 5.52. The van der Waals surface area contributed by atoms with E-state index < -0.39 is 0 Å². The maximum Gasteiger partial charge on any atom is 0.251 e. The molecule has 1 saturated heterocycles. The average molecular weight is 422 g/mol. The smallest absolute Gasteiger partial charge is 0.251 e. The summed E-state index contributed by atoms with van der Waals surface area (Å²) in [5.74, 6) is 0.0115. The predicted octanol–water partition coefficient (Wildman–Crippen LogP) is 1.59. The molecule has 0 radical (unpaired) electrons. The van der Waals surface area contributed by atoms with E-state index in [2.05, 4.69) is 60.1 Å². The molecule has 2 atom stereocenters. The topological polar surface area (TPSA) is 38.0 Å². The normalized spacial score (nSPS) is 21.0. The van der Waals surface area contributed by atoms with E-state index in [1.54, 1.807) is 21.1 Å². The van der Waals surface area contributed by atoms with Gasteiger partial charge in [-0.1, -0.05) is 54.6 Å². The van der Waals surface area contributed by atoms with E-state index in [-0.39, 0.29) is 18.0 Å². The van der Waals surface area contributed by atoms with Crippen LogP contribution in [0.5, 0.6) is 0 Å². The molecular formula is C25H31N3OS+2. The molecule has 4 rings (SSSR count). The largest absolute Gasteiger partial charge is 0.343 e. The van der Waals surface area contributed by atoms with Crippen LogP contribution < -0.4 is 15.1 Å². The summed E-state index contributed by atoms with van der Waals surface area (Å²) in [6.07, 6.45) is 0. The summed E-state index contributed by atoms with van der Waals surface area (Å²) in [5.41, 5.74) is 2.13. The maximum absolute atomic E-state index is 12.7. The minimum atomic E-state index is 0.0115. The van der Waals surface area contributed by atoms with Gasteiger partial charge in [-0.25, -0.2) is 0 Å². The van der Waals surface area contributed by atoms with Crippen LogP contribution in [0.25, 0.3) is 0 Å². The van der Waals surface area contributed by atoms with Gasteiger partial charge >= 0.3 is 0 Å². The highest BCUT2D eigenvalue weighted by molar-refractivity contribution is 7.10. The van der Waals surface area contributed by atoms with Gasteiger partial charge in [0.2, 0.25) is 0 Å². The van der Waals surface area contributed by atoms with E-state index in [1.807, 2.05) is 30.3 Å². The lowest BCUT2D eigenvalue weighted by Gasteiger charge is -2.37. The van der Waals surface area contributed by atoms with Crippen LogP contribution >= 0.6 is 11.3 Å². The molecule has 3 aromatic rings. The zero-order valence-electron chi connectivity index (χ0n) is 17.5. The first-order chi connectivity index (χ1) is 14.7. The number of amides is 1. The van der Waals surface area contributed by atoms with Gasteiger partial charge in [-0.15, -0.1) is 11.3 Å². The quantitative estimate of drug-likeness (QED) is 0.533. The molecule has 0 aliphatic carbocycles. The average Bonchev–Trinajstić information content (AvgIpc) is 3.31. The molecule has 0 spiro atoms. The van der Waals surface area contributed by atoms with Crippen molar-refractivity contribution >= 4 is 17.2 Å². The third-order valence-electron chi connectivity index (χ3n) is 6.08. The molecule has 2 heterocycles. The Morgan fingerprint density at radius 1 is 0.933 bits per heavy atom. The van der Waals surface area contributed by atoms with E-state index in [0.29, 0.717) is 0 Å². The second kappa shape index (κ2) is 10.0. The summed E-state index contributed by atoms with van der Waals surface area (Å²) in [4.78, 5) is 17.3. The fraction of sp³-hybridized carbons (Fsp3) is 0.320. The Bertz CT molecular complexity index is 906. The highest BCUT2D eigenvalue weighted by Crippen LogP contribution is 2.20. The molecule has 2 aromatic carbocycles. The van der Waals surface area contributed by atoms with Gasteiger partial charge in [0, 0.05) is 11.1 Å². The number of hydrogen-bond acceptors (Lipinski definition) is 2. The predicted molar refractivity (Wildman–Crippen MR) is 122 cm³/mol. The van der Waals surface area contributed by atoms with Crippen LogP contribution in [0.2, 0.25) is 0 Å². The van der Waals surface area contributed by atoms with Crippen molar-refractivity contribution in [2.24, 2.45) is 0 Å². The van der Waals surface area contributed by atoms with Crippen molar-refractivity contribution in [3.05, 3.63) is 94.2 Å². The van der Waals surface area contributed by atoms with Crippen LogP contribution in [0, 0.1) is 0 Å². The summed E-state index contributed by atoms with van der Waals surface area (Å²) >= 11 is 1.80. The number of benzene rings is 2. The van der Waals surface area contributed by atoms with Crippen LogP contribution in [-0.4, -0.2) is 38.1 Å². The Balaban J connectivity index is 1.41. The standard InChI is InChI=1S/C25H29N3OS/c1-20(26-25(29)22-11-6-3-7-12-22)24(23-13-8-18-30-23)28-16-14-27(15-17-28)19-21-9-4-2-5-10-21/h2-13,18,20,24H,14-17,19H2,1H3,(H,26,29)/p+2/t20-,24-/m1/s1. The van der Waals surface area contributed by atoms with Crippen LogP contribution in [0.1, 0.15) is 33.8 Å². The molecule has 5 heteroatoms. The Kier molecular flexibility index (Phi) is 6.95. The highest BCUT2D eigenvalue weighted by atomic mass is 32.1. The zero-order valence-corrected chi connectivity index (χ0v) is 18.3. The van der Waals surface area contributed by atoms with Gasteiger partial charge in [0.15, 0.2) is 0 Å². The molecule has 0 unspecified atom stereocenters. The van der Waals surface area contributed by atoms with E-state index in [1.165, 1.54) is 10.4 Å². The molecule has 4 nitrogen and oxygen atoms in total. The van der Waals surface area contributed by atoms with E-state index in [0.717, 1.165) is 38.3 Å². The second-order valence-electron chi connectivity index (χ2n) is 8.19. The molecule has 1 amide bonds. The van der Waals surface area contributed by atoms with Crippen molar-refractivity contribution in [1.82, 2.24) is 5.32 Å². The Labute approximate surface area is 183 Å². The first-order valence-corrected chi connectivity index (χ1v) is 11.7.